The Hall–Kier alpha value is -1.46. The van der Waals surface area contributed by atoms with E-state index in [-0.39, 0.29) is 0 Å². The summed E-state index contributed by atoms with van der Waals surface area (Å²) < 4.78 is 2.91. The summed E-state index contributed by atoms with van der Waals surface area (Å²) in [6, 6.07) is 9.50. The molecular weight excluding hydrogens is 417 g/mol. The molecule has 28 heavy (non-hydrogen) atoms. The number of benzene rings is 1. The molecule has 0 fully saturated rings. The van der Waals surface area contributed by atoms with Crippen LogP contribution in [0.3, 0.4) is 0 Å². The van der Waals surface area contributed by atoms with Crippen LogP contribution in [-0.2, 0) is 0 Å². The van der Waals surface area contributed by atoms with Crippen LogP contribution < -0.4 is 0 Å². The molecule has 142 valence electrons. The van der Waals surface area contributed by atoms with Gasteiger partial charge in [-0.05, 0) is 98.8 Å². The Balaban J connectivity index is 1.70. The van der Waals surface area contributed by atoms with Gasteiger partial charge in [0.05, 0.1) is 0 Å². The Morgan fingerprint density at radius 1 is 0.536 bits per heavy atom. The summed E-state index contributed by atoms with van der Waals surface area (Å²) in [6.07, 6.45) is 0. The summed E-state index contributed by atoms with van der Waals surface area (Å²) in [5.41, 5.74) is 5.67. The van der Waals surface area contributed by atoms with E-state index in [1.807, 2.05) is 45.3 Å². The Morgan fingerprint density at radius 2 is 1.14 bits per heavy atom. The van der Waals surface area contributed by atoms with Gasteiger partial charge in [0.2, 0.25) is 0 Å². The highest BCUT2D eigenvalue weighted by molar-refractivity contribution is 7.29. The molecule has 4 aromatic heterocycles. The molecule has 0 atom stereocenters. The minimum Gasteiger partial charge on any atom is -0.140 e. The Kier molecular flexibility index (Phi) is 4.33. The molecule has 0 spiro atoms. The molecule has 4 heteroatoms. The monoisotopic (exact) mass is 438 g/mol. The molecule has 1 aromatic carbocycles. The fourth-order valence-corrected chi connectivity index (χ4v) is 8.68. The molecule has 0 aliphatic heterocycles. The molecule has 0 amide bonds. The van der Waals surface area contributed by atoms with E-state index in [2.05, 4.69) is 65.8 Å². The fourth-order valence-electron chi connectivity index (χ4n) is 3.92. The van der Waals surface area contributed by atoms with Crippen LogP contribution in [0.1, 0.15) is 32.0 Å². The second kappa shape index (κ2) is 6.53. The van der Waals surface area contributed by atoms with Crippen molar-refractivity contribution in [2.75, 3.05) is 0 Å². The van der Waals surface area contributed by atoms with E-state index in [1.54, 1.807) is 0 Å². The Morgan fingerprint density at radius 3 is 1.82 bits per heavy atom. The van der Waals surface area contributed by atoms with Crippen molar-refractivity contribution in [2.45, 2.75) is 41.5 Å². The van der Waals surface area contributed by atoms with Crippen molar-refractivity contribution in [3.63, 3.8) is 0 Å². The summed E-state index contributed by atoms with van der Waals surface area (Å²) in [4.78, 5) is 8.47. The topological polar surface area (TPSA) is 0 Å². The third-order valence-electron chi connectivity index (χ3n) is 5.63. The highest BCUT2D eigenvalue weighted by Gasteiger charge is 2.18. The molecular formula is C24H22S4. The summed E-state index contributed by atoms with van der Waals surface area (Å²) in [6.45, 7) is 13.5. The van der Waals surface area contributed by atoms with Crippen LogP contribution in [0.2, 0.25) is 0 Å². The van der Waals surface area contributed by atoms with Gasteiger partial charge < -0.3 is 0 Å². The first-order chi connectivity index (χ1) is 13.3. The van der Waals surface area contributed by atoms with Gasteiger partial charge in [-0.25, -0.2) is 0 Å². The summed E-state index contributed by atoms with van der Waals surface area (Å²) >= 11 is 7.76. The standard InChI is InChI=1S/C24H22S4/c1-11-7-19(26-16(11)6)20-8-12(2)22(27-20)21-10-18-15(5)23-17(9-13(3)25-23)14(4)24(18)28-21/h7-10H,1-6H3. The number of thiophene rings is 4. The van der Waals surface area contributed by atoms with Crippen molar-refractivity contribution in [3.05, 3.63) is 56.3 Å². The van der Waals surface area contributed by atoms with Gasteiger partial charge in [-0.3, -0.25) is 0 Å². The molecule has 0 nitrogen and oxygen atoms in total. The van der Waals surface area contributed by atoms with E-state index >= 15 is 0 Å². The number of aryl methyl sites for hydroxylation is 6. The molecule has 0 N–H and O–H groups in total. The third kappa shape index (κ3) is 2.73. The van der Waals surface area contributed by atoms with Gasteiger partial charge in [0.25, 0.3) is 0 Å². The predicted octanol–water partition coefficient (Wildman–Crippen LogP) is 9.42. The van der Waals surface area contributed by atoms with E-state index in [9.17, 15) is 0 Å². The summed E-state index contributed by atoms with van der Waals surface area (Å²) in [7, 11) is 0. The third-order valence-corrected chi connectivity index (χ3v) is 10.8. The van der Waals surface area contributed by atoms with Gasteiger partial charge in [-0.1, -0.05) is 0 Å². The van der Waals surface area contributed by atoms with Crippen molar-refractivity contribution in [3.8, 4) is 19.5 Å². The van der Waals surface area contributed by atoms with Crippen molar-refractivity contribution in [1.29, 1.82) is 0 Å². The number of rotatable bonds is 2. The molecule has 4 heterocycles. The molecule has 0 aliphatic carbocycles. The molecule has 0 saturated carbocycles. The zero-order valence-corrected chi connectivity index (χ0v) is 20.2. The quantitative estimate of drug-likeness (QED) is 0.257. The lowest BCUT2D eigenvalue weighted by atomic mass is 10.0. The predicted molar refractivity (Wildman–Crippen MR) is 132 cm³/mol. The summed E-state index contributed by atoms with van der Waals surface area (Å²) in [5.74, 6) is 0. The Labute approximate surface area is 182 Å². The highest BCUT2D eigenvalue weighted by atomic mass is 32.1. The first kappa shape index (κ1) is 18.6. The Bertz CT molecular complexity index is 1290. The van der Waals surface area contributed by atoms with Crippen molar-refractivity contribution in [2.24, 2.45) is 0 Å². The maximum atomic E-state index is 2.43. The normalized spacial score (nSPS) is 11.9. The zero-order chi connectivity index (χ0) is 19.7. The number of hydrogen-bond donors (Lipinski definition) is 0. The molecule has 5 aromatic rings. The van der Waals surface area contributed by atoms with E-state index < -0.39 is 0 Å². The zero-order valence-electron chi connectivity index (χ0n) is 16.9. The van der Waals surface area contributed by atoms with Crippen molar-refractivity contribution in [1.82, 2.24) is 0 Å². The lowest BCUT2D eigenvalue weighted by Gasteiger charge is -2.03. The van der Waals surface area contributed by atoms with Gasteiger partial charge in [-0.15, -0.1) is 45.3 Å². The molecule has 5 rings (SSSR count). The van der Waals surface area contributed by atoms with Crippen LogP contribution in [0.25, 0.3) is 39.7 Å². The average Bonchev–Trinajstić information content (AvgIpc) is 3.39. The molecule has 0 unspecified atom stereocenters. The smallest absolute Gasteiger partial charge is 0.0479 e. The first-order valence-corrected chi connectivity index (χ1v) is 12.7. The van der Waals surface area contributed by atoms with E-state index in [0.717, 1.165) is 0 Å². The first-order valence-electron chi connectivity index (χ1n) is 9.44. The second-order valence-corrected chi connectivity index (χ2v) is 12.3. The lowest BCUT2D eigenvalue weighted by Crippen LogP contribution is -1.79. The molecule has 0 radical (unpaired) electrons. The average molecular weight is 439 g/mol. The number of fused-ring (bicyclic) bond motifs is 2. The van der Waals surface area contributed by atoms with E-state index in [4.69, 9.17) is 0 Å². The van der Waals surface area contributed by atoms with Gasteiger partial charge in [0.1, 0.15) is 0 Å². The van der Waals surface area contributed by atoms with Gasteiger partial charge in [0, 0.05) is 38.7 Å². The van der Waals surface area contributed by atoms with Gasteiger partial charge in [0.15, 0.2) is 0 Å². The van der Waals surface area contributed by atoms with Crippen LogP contribution in [0.5, 0.6) is 0 Å². The minimum absolute atomic E-state index is 1.39. The van der Waals surface area contributed by atoms with Gasteiger partial charge in [-0.2, -0.15) is 0 Å². The fraction of sp³-hybridized carbons (Fsp3) is 0.250. The van der Waals surface area contributed by atoms with Crippen molar-refractivity contribution < 1.29 is 0 Å². The summed E-state index contributed by atoms with van der Waals surface area (Å²) in [5, 5.41) is 2.87. The van der Waals surface area contributed by atoms with Crippen LogP contribution >= 0.6 is 45.3 Å². The largest absolute Gasteiger partial charge is 0.140 e. The second-order valence-electron chi connectivity index (χ2n) is 7.68. The van der Waals surface area contributed by atoms with Crippen molar-refractivity contribution >= 4 is 65.5 Å². The minimum atomic E-state index is 1.39. The van der Waals surface area contributed by atoms with E-state index in [0.29, 0.717) is 0 Å². The molecule has 0 bridgehead atoms. The maximum absolute atomic E-state index is 2.43. The number of hydrogen-bond acceptors (Lipinski definition) is 4. The SMILES string of the molecule is Cc1cc2c(C)c3sc(-c4sc(-c5cc(C)c(C)s5)cc4C)cc3c(C)c2s1. The maximum Gasteiger partial charge on any atom is 0.0479 e. The van der Waals surface area contributed by atoms with Crippen LogP contribution in [0.15, 0.2) is 24.3 Å². The highest BCUT2D eigenvalue weighted by Crippen LogP contribution is 2.47. The van der Waals surface area contributed by atoms with Crippen LogP contribution in [-0.4, -0.2) is 0 Å². The van der Waals surface area contributed by atoms with E-state index in [1.165, 1.54) is 71.7 Å². The van der Waals surface area contributed by atoms with Crippen LogP contribution in [0, 0.1) is 41.5 Å². The molecule has 0 saturated heterocycles. The van der Waals surface area contributed by atoms with Crippen LogP contribution in [0.4, 0.5) is 0 Å². The lowest BCUT2D eigenvalue weighted by molar-refractivity contribution is 1.44. The molecule has 0 aliphatic rings. The van der Waals surface area contributed by atoms with Gasteiger partial charge >= 0.3 is 0 Å².